The Labute approximate surface area is 141 Å². The Morgan fingerprint density at radius 2 is 1.83 bits per heavy atom. The van der Waals surface area contributed by atoms with Crippen molar-refractivity contribution >= 4 is 17.3 Å². The highest BCUT2D eigenvalue weighted by atomic mass is 35.5. The number of benzene rings is 1. The fraction of sp³-hybridized carbons (Fsp3) is 0.353. The zero-order valence-corrected chi connectivity index (χ0v) is 13.6. The van der Waals surface area contributed by atoms with Gasteiger partial charge in [-0.2, -0.15) is 0 Å². The van der Waals surface area contributed by atoms with Crippen LogP contribution in [0.4, 0.5) is 5.69 Å². The Bertz CT molecular complexity index is 628. The van der Waals surface area contributed by atoms with E-state index in [0.29, 0.717) is 6.61 Å². The number of hydrogen-bond acceptors (Lipinski definition) is 5. The molecule has 122 valence electrons. The summed E-state index contributed by atoms with van der Waals surface area (Å²) in [7, 11) is 0. The van der Waals surface area contributed by atoms with Gasteiger partial charge in [-0.05, 0) is 24.3 Å². The molecule has 0 unspecified atom stereocenters. The van der Waals surface area contributed by atoms with Gasteiger partial charge in [0.05, 0.1) is 18.1 Å². The molecule has 5 nitrogen and oxygen atoms in total. The smallest absolute Gasteiger partial charge is 0.135 e. The number of aromatic hydroxyl groups is 1. The Hall–Kier alpha value is -1.98. The molecule has 1 aromatic carbocycles. The number of aromatic nitrogens is 1. The quantitative estimate of drug-likeness (QED) is 0.911. The molecule has 0 saturated carbocycles. The number of piperazine rings is 1. The third-order valence-electron chi connectivity index (χ3n) is 3.94. The fourth-order valence-corrected chi connectivity index (χ4v) is 2.77. The van der Waals surface area contributed by atoms with Gasteiger partial charge in [-0.1, -0.05) is 11.6 Å². The first-order valence-corrected chi connectivity index (χ1v) is 8.08. The Morgan fingerprint density at radius 3 is 2.52 bits per heavy atom. The van der Waals surface area contributed by atoms with E-state index >= 15 is 0 Å². The lowest BCUT2D eigenvalue weighted by Crippen LogP contribution is -2.47. The van der Waals surface area contributed by atoms with Crippen LogP contribution < -0.4 is 9.64 Å². The molecular formula is C17H20ClN3O2. The van der Waals surface area contributed by atoms with E-state index in [1.165, 1.54) is 6.20 Å². The van der Waals surface area contributed by atoms with Gasteiger partial charge in [0, 0.05) is 43.8 Å². The summed E-state index contributed by atoms with van der Waals surface area (Å²) in [5, 5.41) is 10.2. The lowest BCUT2D eigenvalue weighted by molar-refractivity contribution is 0.200. The maximum absolute atomic E-state index is 9.51. The predicted octanol–water partition coefficient (Wildman–Crippen LogP) is 2.64. The molecule has 0 radical (unpaired) electrons. The molecule has 0 bridgehead atoms. The number of ether oxygens (including phenoxy) is 1. The molecule has 3 rings (SSSR count). The maximum atomic E-state index is 9.51. The van der Waals surface area contributed by atoms with Crippen LogP contribution in [0.25, 0.3) is 0 Å². The molecule has 0 amide bonds. The average Bonchev–Trinajstić information content (AvgIpc) is 2.57. The summed E-state index contributed by atoms with van der Waals surface area (Å²) in [6.07, 6.45) is 3.24. The Balaban J connectivity index is 1.41. The lowest BCUT2D eigenvalue weighted by Gasteiger charge is -2.35. The fourth-order valence-electron chi connectivity index (χ4n) is 2.64. The first kappa shape index (κ1) is 15.9. The summed E-state index contributed by atoms with van der Waals surface area (Å²) in [6.45, 7) is 5.35. The molecule has 0 atom stereocenters. The highest BCUT2D eigenvalue weighted by Crippen LogP contribution is 2.20. The van der Waals surface area contributed by atoms with Crippen molar-refractivity contribution in [3.63, 3.8) is 0 Å². The van der Waals surface area contributed by atoms with Crippen LogP contribution in [0.1, 0.15) is 0 Å². The standard InChI is InChI=1S/C17H20ClN3O2/c18-14-1-3-17(4-2-14)23-10-9-20-5-7-21(8-6-20)15-11-16(22)13-19-12-15/h1-4,11-13,22H,5-10H2. The van der Waals surface area contributed by atoms with Crippen LogP contribution in [0.3, 0.4) is 0 Å². The molecule has 1 fully saturated rings. The number of nitrogens with zero attached hydrogens (tertiary/aromatic N) is 3. The van der Waals surface area contributed by atoms with Crippen molar-refractivity contribution in [3.05, 3.63) is 47.7 Å². The molecule has 1 aliphatic rings. The third kappa shape index (κ3) is 4.50. The van der Waals surface area contributed by atoms with Crippen LogP contribution in [0.2, 0.25) is 5.02 Å². The number of halogens is 1. The van der Waals surface area contributed by atoms with E-state index in [9.17, 15) is 5.11 Å². The number of pyridine rings is 1. The molecule has 1 saturated heterocycles. The van der Waals surface area contributed by atoms with Crippen LogP contribution in [0.15, 0.2) is 42.7 Å². The monoisotopic (exact) mass is 333 g/mol. The Kier molecular flexibility index (Phi) is 5.20. The minimum absolute atomic E-state index is 0.210. The number of anilines is 1. The van der Waals surface area contributed by atoms with E-state index in [1.54, 1.807) is 12.3 Å². The molecule has 0 aliphatic carbocycles. The van der Waals surface area contributed by atoms with E-state index in [0.717, 1.165) is 49.2 Å². The second kappa shape index (κ2) is 7.53. The van der Waals surface area contributed by atoms with Crippen molar-refractivity contribution in [2.24, 2.45) is 0 Å². The van der Waals surface area contributed by atoms with Gasteiger partial charge in [0.25, 0.3) is 0 Å². The van der Waals surface area contributed by atoms with Gasteiger partial charge in [-0.25, -0.2) is 0 Å². The summed E-state index contributed by atoms with van der Waals surface area (Å²) in [4.78, 5) is 8.65. The van der Waals surface area contributed by atoms with Crippen LogP contribution in [-0.4, -0.2) is 54.3 Å². The highest BCUT2D eigenvalue weighted by Gasteiger charge is 2.17. The number of rotatable bonds is 5. The summed E-state index contributed by atoms with van der Waals surface area (Å²) in [5.74, 6) is 1.06. The van der Waals surface area contributed by atoms with Crippen LogP contribution in [-0.2, 0) is 0 Å². The van der Waals surface area contributed by atoms with Crippen molar-refractivity contribution in [1.82, 2.24) is 9.88 Å². The van der Waals surface area contributed by atoms with Gasteiger partial charge < -0.3 is 14.7 Å². The van der Waals surface area contributed by atoms with E-state index in [4.69, 9.17) is 16.3 Å². The van der Waals surface area contributed by atoms with Crippen molar-refractivity contribution in [2.45, 2.75) is 0 Å². The van der Waals surface area contributed by atoms with Crippen LogP contribution >= 0.6 is 11.6 Å². The Morgan fingerprint density at radius 1 is 1.09 bits per heavy atom. The summed E-state index contributed by atoms with van der Waals surface area (Å²) in [5.41, 5.74) is 0.974. The molecule has 0 spiro atoms. The topological polar surface area (TPSA) is 48.8 Å². The summed E-state index contributed by atoms with van der Waals surface area (Å²) in [6, 6.07) is 9.19. The second-order valence-electron chi connectivity index (χ2n) is 5.53. The zero-order chi connectivity index (χ0) is 16.1. The minimum Gasteiger partial charge on any atom is -0.506 e. The molecule has 1 aromatic heterocycles. The van der Waals surface area contributed by atoms with Gasteiger partial charge >= 0.3 is 0 Å². The molecule has 23 heavy (non-hydrogen) atoms. The van der Waals surface area contributed by atoms with E-state index in [-0.39, 0.29) is 5.75 Å². The molecule has 6 heteroatoms. The van der Waals surface area contributed by atoms with Gasteiger partial charge in [-0.15, -0.1) is 0 Å². The third-order valence-corrected chi connectivity index (χ3v) is 4.19. The van der Waals surface area contributed by atoms with Gasteiger partial charge in [0.1, 0.15) is 18.1 Å². The number of hydrogen-bond donors (Lipinski definition) is 1. The summed E-state index contributed by atoms with van der Waals surface area (Å²) >= 11 is 5.85. The molecular weight excluding hydrogens is 314 g/mol. The van der Waals surface area contributed by atoms with Crippen molar-refractivity contribution in [2.75, 3.05) is 44.2 Å². The molecule has 2 aromatic rings. The van der Waals surface area contributed by atoms with Crippen molar-refractivity contribution in [3.8, 4) is 11.5 Å². The first-order valence-electron chi connectivity index (χ1n) is 7.70. The minimum atomic E-state index is 0.210. The van der Waals surface area contributed by atoms with Gasteiger partial charge in [0.15, 0.2) is 0 Å². The van der Waals surface area contributed by atoms with E-state index in [1.807, 2.05) is 24.3 Å². The van der Waals surface area contributed by atoms with Crippen LogP contribution in [0, 0.1) is 0 Å². The van der Waals surface area contributed by atoms with Crippen LogP contribution in [0.5, 0.6) is 11.5 Å². The van der Waals surface area contributed by atoms with E-state index < -0.39 is 0 Å². The largest absolute Gasteiger partial charge is 0.506 e. The van der Waals surface area contributed by atoms with E-state index in [2.05, 4.69) is 14.8 Å². The zero-order valence-electron chi connectivity index (χ0n) is 12.9. The predicted molar refractivity (Wildman–Crippen MR) is 91.5 cm³/mol. The SMILES string of the molecule is Oc1cncc(N2CCN(CCOc3ccc(Cl)cc3)CC2)c1. The van der Waals surface area contributed by atoms with Crippen molar-refractivity contribution < 1.29 is 9.84 Å². The molecule has 1 N–H and O–H groups in total. The lowest BCUT2D eigenvalue weighted by atomic mass is 10.2. The second-order valence-corrected chi connectivity index (χ2v) is 5.97. The van der Waals surface area contributed by atoms with Gasteiger partial charge in [-0.3, -0.25) is 9.88 Å². The normalized spacial score (nSPS) is 15.6. The first-order chi connectivity index (χ1) is 11.2. The average molecular weight is 334 g/mol. The summed E-state index contributed by atoms with van der Waals surface area (Å²) < 4.78 is 5.73. The van der Waals surface area contributed by atoms with Crippen molar-refractivity contribution in [1.29, 1.82) is 0 Å². The van der Waals surface area contributed by atoms with Gasteiger partial charge in [0.2, 0.25) is 0 Å². The maximum Gasteiger partial charge on any atom is 0.135 e. The molecule has 1 aliphatic heterocycles. The highest BCUT2D eigenvalue weighted by molar-refractivity contribution is 6.30. The molecule has 2 heterocycles.